The van der Waals surface area contributed by atoms with Crippen LogP contribution in [0.1, 0.15) is 30.4 Å². The third kappa shape index (κ3) is 7.60. The minimum atomic E-state index is -5.08. The summed E-state index contributed by atoms with van der Waals surface area (Å²) in [6.07, 6.45) is -1.81. The van der Waals surface area contributed by atoms with E-state index in [9.17, 15) is 26.4 Å². The van der Waals surface area contributed by atoms with Crippen LogP contribution in [0.3, 0.4) is 0 Å². The standard InChI is InChI=1S/C23H27NO6S.C2HF3O2/c1-31(27,28)19-5-2-17(3-6-19)15-29-18-4-7-20-21(14-18)30-16-23(20)9-12-24(13-10-23)11-8-22(25)26;3-2(4,5)1(6)7/h2-7,14H,8-13,15-16H2,1H3,(H,25,26);(H,6,7). The number of likely N-dealkylation sites (tertiary alicyclic amines) is 1. The molecule has 0 atom stereocenters. The Balaban J connectivity index is 0.000000505. The fourth-order valence-corrected chi connectivity index (χ4v) is 4.95. The van der Waals surface area contributed by atoms with Gasteiger partial charge in [0.2, 0.25) is 0 Å². The van der Waals surface area contributed by atoms with Gasteiger partial charge in [0.25, 0.3) is 0 Å². The van der Waals surface area contributed by atoms with Crippen molar-refractivity contribution in [2.24, 2.45) is 0 Å². The lowest BCUT2D eigenvalue weighted by molar-refractivity contribution is -0.192. The number of alkyl halides is 3. The van der Waals surface area contributed by atoms with Crippen molar-refractivity contribution in [3.8, 4) is 11.5 Å². The molecule has 0 radical (unpaired) electrons. The lowest BCUT2D eigenvalue weighted by Crippen LogP contribution is -2.44. The number of nitrogens with zero attached hydrogens (tertiary/aromatic N) is 1. The predicted molar refractivity (Wildman–Crippen MR) is 129 cm³/mol. The van der Waals surface area contributed by atoms with E-state index < -0.39 is 28.0 Å². The minimum Gasteiger partial charge on any atom is -0.492 e. The van der Waals surface area contributed by atoms with E-state index in [2.05, 4.69) is 11.0 Å². The zero-order valence-electron chi connectivity index (χ0n) is 20.5. The maximum absolute atomic E-state index is 11.6. The molecule has 2 aromatic rings. The molecule has 13 heteroatoms. The summed E-state index contributed by atoms with van der Waals surface area (Å²) in [5.74, 6) is -1.95. The molecule has 0 bridgehead atoms. The largest absolute Gasteiger partial charge is 0.492 e. The summed E-state index contributed by atoms with van der Waals surface area (Å²) in [4.78, 5) is 22.2. The number of carboxylic acid groups (broad SMARTS) is 2. The first kappa shape index (κ1) is 29.2. The van der Waals surface area contributed by atoms with Crippen LogP contribution >= 0.6 is 0 Å². The molecule has 9 nitrogen and oxygen atoms in total. The van der Waals surface area contributed by atoms with Crippen molar-refractivity contribution in [2.75, 3.05) is 32.5 Å². The third-order valence-corrected chi connectivity index (χ3v) is 7.61. The molecule has 2 N–H and O–H groups in total. The molecule has 2 aliphatic rings. The second kappa shape index (κ2) is 11.6. The highest BCUT2D eigenvalue weighted by Crippen LogP contribution is 2.46. The van der Waals surface area contributed by atoms with Gasteiger partial charge in [-0.1, -0.05) is 18.2 Å². The van der Waals surface area contributed by atoms with E-state index >= 15 is 0 Å². The second-order valence-electron chi connectivity index (χ2n) is 9.22. The van der Waals surface area contributed by atoms with Crippen LogP contribution < -0.4 is 9.47 Å². The van der Waals surface area contributed by atoms with Gasteiger partial charge in [-0.25, -0.2) is 13.2 Å². The van der Waals surface area contributed by atoms with Crippen molar-refractivity contribution in [3.05, 3.63) is 53.6 Å². The number of hydrogen-bond acceptors (Lipinski definition) is 7. The SMILES string of the molecule is CS(=O)(=O)c1ccc(COc2ccc3c(c2)OCC32CCN(CCC(=O)O)CC2)cc1.O=C(O)C(F)(F)F. The van der Waals surface area contributed by atoms with Crippen LogP contribution in [0, 0.1) is 0 Å². The maximum atomic E-state index is 11.6. The molecule has 1 fully saturated rings. The number of ether oxygens (including phenoxy) is 2. The zero-order chi connectivity index (χ0) is 28.1. The Labute approximate surface area is 217 Å². The first-order chi connectivity index (χ1) is 17.7. The quantitative estimate of drug-likeness (QED) is 0.523. The smallest absolute Gasteiger partial charge is 0.490 e. The number of carboxylic acids is 2. The Hall–Kier alpha value is -3.32. The summed E-state index contributed by atoms with van der Waals surface area (Å²) in [7, 11) is -3.20. The van der Waals surface area contributed by atoms with Crippen molar-refractivity contribution in [1.82, 2.24) is 4.90 Å². The fourth-order valence-electron chi connectivity index (χ4n) is 4.32. The summed E-state index contributed by atoms with van der Waals surface area (Å²) >= 11 is 0. The van der Waals surface area contributed by atoms with Gasteiger partial charge in [-0.15, -0.1) is 0 Å². The Kier molecular flexibility index (Phi) is 8.93. The van der Waals surface area contributed by atoms with Gasteiger partial charge < -0.3 is 24.6 Å². The predicted octanol–water partition coefficient (Wildman–Crippen LogP) is 3.50. The highest BCUT2D eigenvalue weighted by molar-refractivity contribution is 7.90. The van der Waals surface area contributed by atoms with Gasteiger partial charge >= 0.3 is 18.1 Å². The maximum Gasteiger partial charge on any atom is 0.490 e. The van der Waals surface area contributed by atoms with Crippen molar-refractivity contribution in [3.63, 3.8) is 0 Å². The van der Waals surface area contributed by atoms with Crippen molar-refractivity contribution in [1.29, 1.82) is 0 Å². The van der Waals surface area contributed by atoms with Gasteiger partial charge in [0.1, 0.15) is 18.1 Å². The number of piperidine rings is 1. The van der Waals surface area contributed by atoms with E-state index in [4.69, 9.17) is 24.5 Å². The number of halogens is 3. The Bertz CT molecular complexity index is 1250. The Morgan fingerprint density at radius 2 is 1.68 bits per heavy atom. The molecule has 2 heterocycles. The molecule has 208 valence electrons. The minimum absolute atomic E-state index is 0.00490. The van der Waals surface area contributed by atoms with Gasteiger partial charge in [-0.3, -0.25) is 4.79 Å². The number of hydrogen-bond donors (Lipinski definition) is 2. The van der Waals surface area contributed by atoms with Crippen LogP contribution in [0.15, 0.2) is 47.4 Å². The molecule has 0 aromatic heterocycles. The highest BCUT2D eigenvalue weighted by atomic mass is 32.2. The van der Waals surface area contributed by atoms with Crippen LogP contribution in [0.4, 0.5) is 13.2 Å². The molecule has 38 heavy (non-hydrogen) atoms. The molecule has 1 saturated heterocycles. The molecule has 0 aliphatic carbocycles. The van der Waals surface area contributed by atoms with Gasteiger partial charge in [0, 0.05) is 29.8 Å². The molecular weight excluding hydrogens is 531 g/mol. The summed E-state index contributed by atoms with van der Waals surface area (Å²) in [6.45, 7) is 3.32. The van der Waals surface area contributed by atoms with E-state index in [1.807, 2.05) is 12.1 Å². The zero-order valence-corrected chi connectivity index (χ0v) is 21.3. The van der Waals surface area contributed by atoms with E-state index in [1.165, 1.54) is 11.8 Å². The molecule has 4 rings (SSSR count). The number of rotatable bonds is 7. The molecule has 0 amide bonds. The number of aliphatic carboxylic acids is 2. The number of fused-ring (bicyclic) bond motifs is 2. The van der Waals surface area contributed by atoms with Crippen molar-refractivity contribution >= 4 is 21.8 Å². The second-order valence-corrected chi connectivity index (χ2v) is 11.2. The number of sulfone groups is 1. The van der Waals surface area contributed by atoms with Crippen LogP contribution in [0.25, 0.3) is 0 Å². The van der Waals surface area contributed by atoms with Crippen LogP contribution in [-0.2, 0) is 31.4 Å². The molecule has 2 aromatic carbocycles. The average Bonchev–Trinajstić information content (AvgIpc) is 3.19. The summed E-state index contributed by atoms with van der Waals surface area (Å²) in [5, 5.41) is 16.0. The summed E-state index contributed by atoms with van der Waals surface area (Å²) < 4.78 is 66.8. The van der Waals surface area contributed by atoms with Gasteiger partial charge in [-0.2, -0.15) is 13.2 Å². The van der Waals surface area contributed by atoms with Crippen LogP contribution in [0.2, 0.25) is 0 Å². The lowest BCUT2D eigenvalue weighted by atomic mass is 9.74. The van der Waals surface area contributed by atoms with Gasteiger partial charge in [0.15, 0.2) is 9.84 Å². The fraction of sp³-hybridized carbons (Fsp3) is 0.440. The Morgan fingerprint density at radius 1 is 1.08 bits per heavy atom. The average molecular weight is 560 g/mol. The summed E-state index contributed by atoms with van der Waals surface area (Å²) in [6, 6.07) is 12.7. The van der Waals surface area contributed by atoms with Crippen LogP contribution in [-0.4, -0.2) is 74.1 Å². The lowest BCUT2D eigenvalue weighted by Gasteiger charge is -2.38. The Morgan fingerprint density at radius 3 is 2.21 bits per heavy atom. The van der Waals surface area contributed by atoms with Gasteiger partial charge in [-0.05, 0) is 49.7 Å². The molecule has 0 saturated carbocycles. The van der Waals surface area contributed by atoms with Crippen molar-refractivity contribution < 1.29 is 50.9 Å². The third-order valence-electron chi connectivity index (χ3n) is 6.48. The number of carbonyl (C=O) groups is 2. The van der Waals surface area contributed by atoms with Crippen molar-refractivity contribution in [2.45, 2.75) is 42.4 Å². The van der Waals surface area contributed by atoms with Gasteiger partial charge in [0.05, 0.1) is 17.9 Å². The summed E-state index contributed by atoms with van der Waals surface area (Å²) in [5.41, 5.74) is 2.09. The monoisotopic (exact) mass is 559 g/mol. The normalized spacial score (nSPS) is 16.6. The molecule has 2 aliphatic heterocycles. The van der Waals surface area contributed by atoms with E-state index in [1.54, 1.807) is 24.3 Å². The molecule has 0 unspecified atom stereocenters. The van der Waals surface area contributed by atoms with Crippen LogP contribution in [0.5, 0.6) is 11.5 Å². The molecule has 1 spiro atoms. The number of benzene rings is 2. The van der Waals surface area contributed by atoms with E-state index in [0.29, 0.717) is 30.4 Å². The van der Waals surface area contributed by atoms with E-state index in [0.717, 1.165) is 37.2 Å². The highest BCUT2D eigenvalue weighted by Gasteiger charge is 2.43. The topological polar surface area (TPSA) is 130 Å². The van der Waals surface area contributed by atoms with E-state index in [-0.39, 0.29) is 11.8 Å². The molecular formula is C25H28F3NO8S. The first-order valence-corrected chi connectivity index (χ1v) is 13.5. The first-order valence-electron chi connectivity index (χ1n) is 11.6.